The number of nitrogens with zero attached hydrogens (tertiary/aromatic N) is 1. The predicted molar refractivity (Wildman–Crippen MR) is 180 cm³/mol. The number of rotatable bonds is 3. The standard InChI is InChI=1S/C38H23NS2/c1-3-11-24(12-4-1)27-16-9-18-29-30-19-10-17-28(37(30)41-36(27)29)25-21-22-32-34(23-25)40-38-31-15-7-8-20-33(31)39(35(32)38)26-13-5-2-6-14-26/h1-23H. The van der Waals surface area contributed by atoms with Crippen molar-refractivity contribution in [3.63, 3.8) is 0 Å². The quantitative estimate of drug-likeness (QED) is 0.204. The number of hydrogen-bond donors (Lipinski definition) is 0. The van der Waals surface area contributed by atoms with Gasteiger partial charge in [0, 0.05) is 41.3 Å². The largest absolute Gasteiger partial charge is 0.308 e. The highest BCUT2D eigenvalue weighted by Crippen LogP contribution is 2.46. The van der Waals surface area contributed by atoms with Crippen molar-refractivity contribution in [3.05, 3.63) is 140 Å². The van der Waals surface area contributed by atoms with Crippen LogP contribution in [0.2, 0.25) is 0 Å². The third-order valence-corrected chi connectivity index (χ3v) is 10.7. The van der Waals surface area contributed by atoms with E-state index < -0.39 is 0 Å². The van der Waals surface area contributed by atoms with Gasteiger partial charge in [0.1, 0.15) is 0 Å². The Kier molecular flexibility index (Phi) is 5.00. The first kappa shape index (κ1) is 23.0. The Hall–Kier alpha value is -4.70. The maximum absolute atomic E-state index is 2.43. The number of fused-ring (bicyclic) bond motifs is 8. The predicted octanol–water partition coefficient (Wildman–Crippen LogP) is 11.7. The van der Waals surface area contributed by atoms with Crippen LogP contribution in [0.15, 0.2) is 140 Å². The van der Waals surface area contributed by atoms with Crippen LogP contribution in [0.5, 0.6) is 0 Å². The maximum Gasteiger partial charge on any atom is 0.0727 e. The summed E-state index contributed by atoms with van der Waals surface area (Å²) in [7, 11) is 0. The van der Waals surface area contributed by atoms with Crippen LogP contribution >= 0.6 is 22.7 Å². The van der Waals surface area contributed by atoms with E-state index in [1.165, 1.54) is 79.3 Å². The molecule has 0 aliphatic carbocycles. The molecule has 0 saturated carbocycles. The highest BCUT2D eigenvalue weighted by molar-refractivity contribution is 7.27. The van der Waals surface area contributed by atoms with Crippen molar-refractivity contribution in [1.29, 1.82) is 0 Å². The van der Waals surface area contributed by atoms with E-state index in [0.717, 1.165) is 0 Å². The summed E-state index contributed by atoms with van der Waals surface area (Å²) in [5, 5.41) is 5.29. The zero-order chi connectivity index (χ0) is 26.9. The maximum atomic E-state index is 2.43. The lowest BCUT2D eigenvalue weighted by molar-refractivity contribution is 1.19. The summed E-state index contributed by atoms with van der Waals surface area (Å²) < 4.78 is 7.81. The molecule has 0 unspecified atom stereocenters. The highest BCUT2D eigenvalue weighted by atomic mass is 32.1. The first-order valence-corrected chi connectivity index (χ1v) is 15.5. The Morgan fingerprint density at radius 3 is 1.80 bits per heavy atom. The molecule has 0 amide bonds. The van der Waals surface area contributed by atoms with Gasteiger partial charge in [-0.3, -0.25) is 0 Å². The van der Waals surface area contributed by atoms with Crippen molar-refractivity contribution >= 4 is 74.1 Å². The molecule has 0 N–H and O–H groups in total. The fourth-order valence-electron chi connectivity index (χ4n) is 6.37. The van der Waals surface area contributed by atoms with Gasteiger partial charge in [-0.2, -0.15) is 0 Å². The fourth-order valence-corrected chi connectivity index (χ4v) is 9.01. The normalized spacial score (nSPS) is 11.9. The summed E-state index contributed by atoms with van der Waals surface area (Å²) in [5.41, 5.74) is 8.91. The molecular weight excluding hydrogens is 535 g/mol. The first-order valence-electron chi connectivity index (χ1n) is 13.9. The number of aromatic nitrogens is 1. The van der Waals surface area contributed by atoms with E-state index in [-0.39, 0.29) is 0 Å². The van der Waals surface area contributed by atoms with Crippen molar-refractivity contribution in [1.82, 2.24) is 4.57 Å². The molecule has 0 aliphatic heterocycles. The molecule has 0 fully saturated rings. The molecule has 0 radical (unpaired) electrons. The van der Waals surface area contributed by atoms with E-state index in [2.05, 4.69) is 144 Å². The zero-order valence-electron chi connectivity index (χ0n) is 22.0. The monoisotopic (exact) mass is 557 g/mol. The fraction of sp³-hybridized carbons (Fsp3) is 0. The van der Waals surface area contributed by atoms with Gasteiger partial charge in [0.05, 0.1) is 15.7 Å². The van der Waals surface area contributed by atoms with E-state index in [0.29, 0.717) is 0 Å². The van der Waals surface area contributed by atoms with Crippen molar-refractivity contribution < 1.29 is 0 Å². The van der Waals surface area contributed by atoms with Gasteiger partial charge >= 0.3 is 0 Å². The minimum absolute atomic E-state index is 1.20. The van der Waals surface area contributed by atoms with Crippen LogP contribution in [0, 0.1) is 0 Å². The number of benzene rings is 6. The number of para-hydroxylation sites is 2. The summed E-state index contributed by atoms with van der Waals surface area (Å²) in [6, 6.07) is 50.8. The van der Waals surface area contributed by atoms with E-state index in [1.54, 1.807) is 0 Å². The van der Waals surface area contributed by atoms with Crippen LogP contribution < -0.4 is 0 Å². The smallest absolute Gasteiger partial charge is 0.0727 e. The summed E-state index contributed by atoms with van der Waals surface area (Å²) in [5.74, 6) is 0. The second-order valence-corrected chi connectivity index (χ2v) is 12.6. The Morgan fingerprint density at radius 2 is 1.05 bits per heavy atom. The van der Waals surface area contributed by atoms with Gasteiger partial charge in [0.15, 0.2) is 0 Å². The number of hydrogen-bond acceptors (Lipinski definition) is 2. The van der Waals surface area contributed by atoms with Gasteiger partial charge in [-0.15, -0.1) is 22.7 Å². The summed E-state index contributed by atoms with van der Waals surface area (Å²) in [6.45, 7) is 0. The second kappa shape index (κ2) is 8.90. The topological polar surface area (TPSA) is 4.93 Å². The third kappa shape index (κ3) is 3.40. The van der Waals surface area contributed by atoms with E-state index in [4.69, 9.17) is 0 Å². The van der Waals surface area contributed by atoms with Crippen LogP contribution in [-0.2, 0) is 0 Å². The van der Waals surface area contributed by atoms with E-state index >= 15 is 0 Å². The molecule has 0 aliphatic rings. The van der Waals surface area contributed by atoms with Gasteiger partial charge in [0.25, 0.3) is 0 Å². The van der Waals surface area contributed by atoms with Gasteiger partial charge in [-0.25, -0.2) is 0 Å². The molecular formula is C38H23NS2. The molecule has 41 heavy (non-hydrogen) atoms. The molecule has 6 aromatic carbocycles. The van der Waals surface area contributed by atoms with Crippen molar-refractivity contribution in [2.45, 2.75) is 0 Å². The van der Waals surface area contributed by atoms with Crippen LogP contribution in [-0.4, -0.2) is 4.57 Å². The SMILES string of the molecule is c1ccc(-c2cccc3c2sc2c(-c4ccc5c(c4)sc4c6ccccc6n(-c6ccccc6)c54)cccc23)cc1. The molecule has 3 heterocycles. The molecule has 3 aromatic heterocycles. The lowest BCUT2D eigenvalue weighted by Crippen LogP contribution is -1.92. The molecule has 0 spiro atoms. The van der Waals surface area contributed by atoms with Gasteiger partial charge in [-0.1, -0.05) is 115 Å². The third-order valence-electron chi connectivity index (χ3n) is 8.21. The van der Waals surface area contributed by atoms with Gasteiger partial charge < -0.3 is 4.57 Å². The molecule has 0 bridgehead atoms. The molecule has 1 nitrogen and oxygen atoms in total. The summed E-state index contributed by atoms with van der Waals surface area (Å²) in [4.78, 5) is 0. The minimum atomic E-state index is 1.20. The lowest BCUT2D eigenvalue weighted by Gasteiger charge is -2.08. The van der Waals surface area contributed by atoms with Crippen LogP contribution in [0.1, 0.15) is 0 Å². The first-order chi connectivity index (χ1) is 20.3. The van der Waals surface area contributed by atoms with Gasteiger partial charge in [-0.05, 0) is 46.5 Å². The highest BCUT2D eigenvalue weighted by Gasteiger charge is 2.19. The molecule has 192 valence electrons. The Balaban J connectivity index is 1.28. The zero-order valence-corrected chi connectivity index (χ0v) is 23.7. The average Bonchev–Trinajstić information content (AvgIpc) is 3.70. The molecule has 0 saturated heterocycles. The van der Waals surface area contributed by atoms with Gasteiger partial charge in [0.2, 0.25) is 0 Å². The van der Waals surface area contributed by atoms with Crippen LogP contribution in [0.3, 0.4) is 0 Å². The van der Waals surface area contributed by atoms with Crippen LogP contribution in [0.25, 0.3) is 79.3 Å². The molecule has 3 heteroatoms. The van der Waals surface area contributed by atoms with E-state index in [9.17, 15) is 0 Å². The Bertz CT molecular complexity index is 2410. The van der Waals surface area contributed by atoms with Crippen molar-refractivity contribution in [2.75, 3.05) is 0 Å². The number of thiophene rings is 2. The Labute approximate surface area is 245 Å². The Morgan fingerprint density at radius 1 is 0.415 bits per heavy atom. The van der Waals surface area contributed by atoms with Crippen molar-refractivity contribution in [2.24, 2.45) is 0 Å². The average molecular weight is 558 g/mol. The molecule has 0 atom stereocenters. The lowest BCUT2D eigenvalue weighted by atomic mass is 10.00. The molecule has 9 rings (SSSR count). The van der Waals surface area contributed by atoms with E-state index in [1.807, 2.05) is 22.7 Å². The second-order valence-electron chi connectivity index (χ2n) is 10.5. The summed E-state index contributed by atoms with van der Waals surface area (Å²) >= 11 is 3.83. The van der Waals surface area contributed by atoms with Crippen molar-refractivity contribution in [3.8, 4) is 27.9 Å². The molecule has 9 aromatic rings. The minimum Gasteiger partial charge on any atom is -0.308 e. The van der Waals surface area contributed by atoms with Crippen LogP contribution in [0.4, 0.5) is 0 Å². The summed E-state index contributed by atoms with van der Waals surface area (Å²) in [6.07, 6.45) is 0.